The molecule has 0 N–H and O–H groups in total. The van der Waals surface area contributed by atoms with Crippen LogP contribution in [0.25, 0.3) is 0 Å². The first-order valence-electron chi connectivity index (χ1n) is 3.49. The SMILES string of the molecule is CCc1c([SiH3])cccc1Cl. The van der Waals surface area contributed by atoms with Crippen LogP contribution in [-0.4, -0.2) is 10.2 Å². The second-order valence-corrected chi connectivity index (χ2v) is 3.87. The summed E-state index contributed by atoms with van der Waals surface area (Å²) in [5, 5.41) is 2.35. The maximum atomic E-state index is 5.95. The van der Waals surface area contributed by atoms with Gasteiger partial charge in [-0.3, -0.25) is 0 Å². The summed E-state index contributed by atoms with van der Waals surface area (Å²) in [6.07, 6.45) is 1.05. The molecule has 0 aliphatic carbocycles. The molecule has 0 bridgehead atoms. The maximum absolute atomic E-state index is 5.95. The van der Waals surface area contributed by atoms with E-state index in [1.807, 2.05) is 12.1 Å². The van der Waals surface area contributed by atoms with Crippen molar-refractivity contribution in [3.8, 4) is 0 Å². The minimum absolute atomic E-state index is 0.926. The van der Waals surface area contributed by atoms with E-state index in [0.29, 0.717) is 0 Å². The van der Waals surface area contributed by atoms with E-state index in [1.54, 1.807) is 0 Å². The first kappa shape index (κ1) is 7.83. The van der Waals surface area contributed by atoms with Crippen LogP contribution >= 0.6 is 11.6 Å². The summed E-state index contributed by atoms with van der Waals surface area (Å²) in [6.45, 7) is 2.14. The lowest BCUT2D eigenvalue weighted by Crippen LogP contribution is -2.08. The van der Waals surface area contributed by atoms with Gasteiger partial charge in [0.2, 0.25) is 0 Å². The van der Waals surface area contributed by atoms with Gasteiger partial charge in [0.05, 0.1) is 0 Å². The fourth-order valence-electron chi connectivity index (χ4n) is 1.11. The fraction of sp³-hybridized carbons (Fsp3) is 0.250. The zero-order chi connectivity index (χ0) is 7.56. The first-order chi connectivity index (χ1) is 4.75. The van der Waals surface area contributed by atoms with Crippen LogP contribution in [0.4, 0.5) is 0 Å². The maximum Gasteiger partial charge on any atom is 0.0436 e. The van der Waals surface area contributed by atoms with Crippen LogP contribution in [0.2, 0.25) is 5.02 Å². The van der Waals surface area contributed by atoms with Crippen LogP contribution in [0.15, 0.2) is 18.2 Å². The van der Waals surface area contributed by atoms with E-state index in [2.05, 4.69) is 13.0 Å². The summed E-state index contributed by atoms with van der Waals surface area (Å²) in [7, 11) is 1.10. The van der Waals surface area contributed by atoms with Crippen molar-refractivity contribution < 1.29 is 0 Å². The molecule has 0 heterocycles. The predicted octanol–water partition coefficient (Wildman–Crippen LogP) is 0.893. The Hall–Kier alpha value is -0.273. The van der Waals surface area contributed by atoms with Crippen molar-refractivity contribution in [3.63, 3.8) is 0 Å². The van der Waals surface area contributed by atoms with Gasteiger partial charge < -0.3 is 0 Å². The van der Waals surface area contributed by atoms with E-state index in [-0.39, 0.29) is 0 Å². The van der Waals surface area contributed by atoms with Gasteiger partial charge in [0.25, 0.3) is 0 Å². The first-order valence-corrected chi connectivity index (χ1v) is 4.87. The van der Waals surface area contributed by atoms with Gasteiger partial charge in [-0.15, -0.1) is 0 Å². The monoisotopic (exact) mass is 170 g/mol. The molecule has 1 rings (SSSR count). The van der Waals surface area contributed by atoms with E-state index in [0.717, 1.165) is 21.7 Å². The molecule has 2 heteroatoms. The number of hydrogen-bond acceptors (Lipinski definition) is 0. The summed E-state index contributed by atoms with van der Waals surface area (Å²) < 4.78 is 0. The molecule has 0 atom stereocenters. The third kappa shape index (κ3) is 1.41. The summed E-state index contributed by atoms with van der Waals surface area (Å²) in [6, 6.07) is 6.13. The van der Waals surface area contributed by atoms with Gasteiger partial charge in [-0.05, 0) is 18.1 Å². The van der Waals surface area contributed by atoms with E-state index < -0.39 is 0 Å². The molecule has 0 aliphatic heterocycles. The van der Waals surface area contributed by atoms with Crippen LogP contribution in [0.1, 0.15) is 12.5 Å². The molecule has 1 aromatic rings. The Labute approximate surface area is 69.6 Å². The van der Waals surface area contributed by atoms with E-state index in [1.165, 1.54) is 10.8 Å². The van der Waals surface area contributed by atoms with E-state index in [9.17, 15) is 0 Å². The van der Waals surface area contributed by atoms with Crippen molar-refractivity contribution in [3.05, 3.63) is 28.8 Å². The van der Waals surface area contributed by atoms with Gasteiger partial charge in [-0.1, -0.05) is 35.8 Å². The Morgan fingerprint density at radius 2 is 2.20 bits per heavy atom. The van der Waals surface area contributed by atoms with Crippen LogP contribution in [0.3, 0.4) is 0 Å². The van der Waals surface area contributed by atoms with Crippen molar-refractivity contribution in [1.29, 1.82) is 0 Å². The highest BCUT2D eigenvalue weighted by molar-refractivity contribution is 6.37. The molecule has 0 radical (unpaired) electrons. The van der Waals surface area contributed by atoms with Crippen molar-refractivity contribution in [2.24, 2.45) is 0 Å². The smallest absolute Gasteiger partial charge is 0.0436 e. The van der Waals surface area contributed by atoms with Gasteiger partial charge in [0, 0.05) is 15.3 Å². The highest BCUT2D eigenvalue weighted by atomic mass is 35.5. The predicted molar refractivity (Wildman–Crippen MR) is 50.4 cm³/mol. The lowest BCUT2D eigenvalue weighted by molar-refractivity contribution is 1.15. The Morgan fingerprint density at radius 1 is 1.50 bits per heavy atom. The minimum Gasteiger partial charge on any atom is -0.0840 e. The molecule has 0 fully saturated rings. The summed E-state index contributed by atoms with van der Waals surface area (Å²) in [5.74, 6) is 0. The molecule has 10 heavy (non-hydrogen) atoms. The topological polar surface area (TPSA) is 0 Å². The van der Waals surface area contributed by atoms with Crippen molar-refractivity contribution in [2.45, 2.75) is 13.3 Å². The van der Waals surface area contributed by atoms with Crippen LogP contribution in [-0.2, 0) is 6.42 Å². The molecule has 0 spiro atoms. The van der Waals surface area contributed by atoms with Crippen molar-refractivity contribution >= 4 is 27.0 Å². The molecule has 1 aromatic carbocycles. The average molecular weight is 171 g/mol. The number of hydrogen-bond donors (Lipinski definition) is 0. The Balaban J connectivity index is 3.17. The largest absolute Gasteiger partial charge is 0.0840 e. The van der Waals surface area contributed by atoms with E-state index in [4.69, 9.17) is 11.6 Å². The third-order valence-corrected chi connectivity index (χ3v) is 3.00. The standard InChI is InChI=1S/C8H11ClSi/c1-2-6-7(9)4-3-5-8(6)10/h3-5H,2H2,1,10H3. The molecule has 0 unspecified atom stereocenters. The average Bonchev–Trinajstić information content (AvgIpc) is 1.88. The molecule has 0 amide bonds. The number of rotatable bonds is 1. The van der Waals surface area contributed by atoms with Crippen LogP contribution in [0.5, 0.6) is 0 Å². The van der Waals surface area contributed by atoms with Gasteiger partial charge in [-0.25, -0.2) is 0 Å². The van der Waals surface area contributed by atoms with Crippen molar-refractivity contribution in [2.75, 3.05) is 0 Å². The van der Waals surface area contributed by atoms with Gasteiger partial charge in [-0.2, -0.15) is 0 Å². The third-order valence-electron chi connectivity index (χ3n) is 1.71. The fourth-order valence-corrected chi connectivity index (χ4v) is 2.44. The second kappa shape index (κ2) is 3.22. The normalized spacial score (nSPS) is 10.2. The van der Waals surface area contributed by atoms with Crippen LogP contribution in [0, 0.1) is 0 Å². The Morgan fingerprint density at radius 3 is 2.60 bits per heavy atom. The summed E-state index contributed by atoms with van der Waals surface area (Å²) >= 11 is 5.95. The van der Waals surface area contributed by atoms with Crippen LogP contribution < -0.4 is 5.19 Å². The van der Waals surface area contributed by atoms with Gasteiger partial charge >= 0.3 is 0 Å². The van der Waals surface area contributed by atoms with E-state index >= 15 is 0 Å². The molecule has 0 aromatic heterocycles. The molecule has 0 saturated carbocycles. The zero-order valence-corrected chi connectivity index (χ0v) is 9.07. The summed E-state index contributed by atoms with van der Waals surface area (Å²) in [4.78, 5) is 0. The number of benzene rings is 1. The zero-order valence-electron chi connectivity index (χ0n) is 6.32. The van der Waals surface area contributed by atoms with Crippen molar-refractivity contribution in [1.82, 2.24) is 0 Å². The second-order valence-electron chi connectivity index (χ2n) is 2.39. The molecule has 0 saturated heterocycles. The molecule has 54 valence electrons. The molecular formula is C8H11ClSi. The number of halogens is 1. The highest BCUT2D eigenvalue weighted by Crippen LogP contribution is 2.12. The molecule has 0 aliphatic rings. The minimum atomic E-state index is 0.926. The van der Waals surface area contributed by atoms with Gasteiger partial charge in [0.1, 0.15) is 0 Å². The molecule has 0 nitrogen and oxygen atoms in total. The lowest BCUT2D eigenvalue weighted by Gasteiger charge is -2.03. The Bertz CT molecular complexity index is 212. The molecular weight excluding hydrogens is 160 g/mol. The summed E-state index contributed by atoms with van der Waals surface area (Å²) in [5.41, 5.74) is 1.33. The lowest BCUT2D eigenvalue weighted by atomic mass is 10.2. The highest BCUT2D eigenvalue weighted by Gasteiger charge is 1.98. The Kier molecular flexibility index (Phi) is 2.52. The van der Waals surface area contributed by atoms with Gasteiger partial charge in [0.15, 0.2) is 0 Å². The quantitative estimate of drug-likeness (QED) is 0.550.